The molecule has 1 aromatic carbocycles. The maximum absolute atomic E-state index is 13.1. The predicted octanol–water partition coefficient (Wildman–Crippen LogP) is 1.44. The molecule has 0 radical (unpaired) electrons. The van der Waals surface area contributed by atoms with Crippen LogP contribution in [0.2, 0.25) is 0 Å². The molecule has 0 amide bonds. The Labute approximate surface area is 172 Å². The van der Waals surface area contributed by atoms with Crippen LogP contribution in [0.15, 0.2) is 35.4 Å². The van der Waals surface area contributed by atoms with Crippen LogP contribution in [-0.2, 0) is 14.8 Å². The summed E-state index contributed by atoms with van der Waals surface area (Å²) in [7, 11) is -3.49. The minimum Gasteiger partial charge on any atom is -0.378 e. The van der Waals surface area contributed by atoms with Gasteiger partial charge in [-0.15, -0.1) is 5.10 Å². The van der Waals surface area contributed by atoms with Gasteiger partial charge in [-0.3, -0.25) is 0 Å². The summed E-state index contributed by atoms with van der Waals surface area (Å²) in [4.78, 5) is 4.75. The molecule has 2 aliphatic rings. The third-order valence-electron chi connectivity index (χ3n) is 5.53. The summed E-state index contributed by atoms with van der Waals surface area (Å²) in [5.74, 6) is 0.844. The van der Waals surface area contributed by atoms with Crippen LogP contribution in [0.1, 0.15) is 11.1 Å². The number of benzene rings is 1. The second-order valence-corrected chi connectivity index (χ2v) is 9.44. The highest BCUT2D eigenvalue weighted by molar-refractivity contribution is 7.89. The van der Waals surface area contributed by atoms with Crippen molar-refractivity contribution in [3.63, 3.8) is 0 Å². The number of hydrogen-bond donors (Lipinski definition) is 0. The van der Waals surface area contributed by atoms with Gasteiger partial charge in [0, 0.05) is 45.3 Å². The summed E-state index contributed by atoms with van der Waals surface area (Å²) in [5.41, 5.74) is 2.71. The van der Waals surface area contributed by atoms with Crippen LogP contribution in [0.3, 0.4) is 0 Å². The summed E-state index contributed by atoms with van der Waals surface area (Å²) in [5, 5.41) is 8.42. The normalized spacial score (nSPS) is 18.8. The molecular weight excluding hydrogens is 390 g/mol. The Balaban J connectivity index is 1.46. The highest BCUT2D eigenvalue weighted by atomic mass is 32.2. The molecule has 9 heteroatoms. The van der Waals surface area contributed by atoms with Crippen LogP contribution in [-0.4, -0.2) is 75.4 Å². The van der Waals surface area contributed by atoms with Gasteiger partial charge in [0.05, 0.1) is 30.0 Å². The zero-order valence-electron chi connectivity index (χ0n) is 16.9. The molecule has 2 saturated heterocycles. The van der Waals surface area contributed by atoms with Crippen LogP contribution >= 0.6 is 0 Å². The third-order valence-corrected chi connectivity index (χ3v) is 7.57. The molecule has 0 bridgehead atoms. The van der Waals surface area contributed by atoms with Gasteiger partial charge in [0.1, 0.15) is 0 Å². The molecule has 2 aliphatic heterocycles. The van der Waals surface area contributed by atoms with Crippen molar-refractivity contribution >= 4 is 21.5 Å². The van der Waals surface area contributed by atoms with Gasteiger partial charge in [-0.2, -0.15) is 9.40 Å². The fourth-order valence-electron chi connectivity index (χ4n) is 3.78. The highest BCUT2D eigenvalue weighted by Gasteiger charge is 2.30. The predicted molar refractivity (Wildman–Crippen MR) is 112 cm³/mol. The molecule has 2 aromatic rings. The van der Waals surface area contributed by atoms with Gasteiger partial charge in [-0.1, -0.05) is 12.1 Å². The Hall–Kier alpha value is -2.23. The number of anilines is 2. The molecule has 0 unspecified atom stereocenters. The summed E-state index contributed by atoms with van der Waals surface area (Å²) in [6.45, 7) is 8.91. The van der Waals surface area contributed by atoms with Gasteiger partial charge in [0.25, 0.3) is 0 Å². The molecule has 8 nitrogen and oxygen atoms in total. The minimum absolute atomic E-state index is 0.408. The lowest BCUT2D eigenvalue weighted by Crippen LogP contribution is -2.49. The number of nitrogens with zero attached hydrogens (tertiary/aromatic N) is 5. The Kier molecular flexibility index (Phi) is 5.71. The minimum atomic E-state index is -3.49. The molecule has 2 fully saturated rings. The van der Waals surface area contributed by atoms with Crippen LogP contribution in [0.5, 0.6) is 0 Å². The fourth-order valence-corrected chi connectivity index (χ4v) is 5.51. The number of ether oxygens (including phenoxy) is 1. The number of sulfonamides is 1. The van der Waals surface area contributed by atoms with E-state index in [1.165, 1.54) is 0 Å². The summed E-state index contributed by atoms with van der Waals surface area (Å²) in [6.07, 6.45) is 1.75. The Morgan fingerprint density at radius 2 is 1.66 bits per heavy atom. The average Bonchev–Trinajstić information content (AvgIpc) is 2.76. The highest BCUT2D eigenvalue weighted by Crippen LogP contribution is 2.25. The third kappa shape index (κ3) is 4.22. The maximum atomic E-state index is 13.1. The topological polar surface area (TPSA) is 78.9 Å². The number of aromatic nitrogens is 2. The van der Waals surface area contributed by atoms with E-state index in [0.717, 1.165) is 35.7 Å². The van der Waals surface area contributed by atoms with Crippen molar-refractivity contribution in [3.8, 4) is 0 Å². The van der Waals surface area contributed by atoms with Crippen molar-refractivity contribution in [2.24, 2.45) is 0 Å². The van der Waals surface area contributed by atoms with Crippen LogP contribution in [0, 0.1) is 13.8 Å². The van der Waals surface area contributed by atoms with E-state index in [4.69, 9.17) is 4.74 Å². The van der Waals surface area contributed by atoms with Crippen molar-refractivity contribution in [1.82, 2.24) is 14.5 Å². The van der Waals surface area contributed by atoms with Crippen molar-refractivity contribution in [1.29, 1.82) is 0 Å². The number of hydrogen-bond acceptors (Lipinski definition) is 7. The van der Waals surface area contributed by atoms with Crippen LogP contribution in [0.25, 0.3) is 0 Å². The zero-order chi connectivity index (χ0) is 20.4. The van der Waals surface area contributed by atoms with Gasteiger partial charge in [-0.25, -0.2) is 8.42 Å². The fraction of sp³-hybridized carbons (Fsp3) is 0.500. The van der Waals surface area contributed by atoms with Crippen molar-refractivity contribution in [3.05, 3.63) is 41.6 Å². The van der Waals surface area contributed by atoms with E-state index in [0.29, 0.717) is 44.3 Å². The standard InChI is InChI=1S/C20H27N5O3S/c1-16-3-4-17(2)19(13-16)29(26,27)25-7-5-23(6-8-25)18-14-20(22-21-15-18)24-9-11-28-12-10-24/h3-4,13-15H,5-12H2,1-2H3. The van der Waals surface area contributed by atoms with Crippen molar-refractivity contribution in [2.75, 3.05) is 62.3 Å². The molecule has 0 aliphatic carbocycles. The van der Waals surface area contributed by atoms with Gasteiger partial charge in [-0.05, 0) is 31.0 Å². The molecule has 1 aromatic heterocycles. The lowest BCUT2D eigenvalue weighted by Gasteiger charge is -2.36. The lowest BCUT2D eigenvalue weighted by atomic mass is 10.2. The molecule has 0 saturated carbocycles. The summed E-state index contributed by atoms with van der Waals surface area (Å²) in [6, 6.07) is 7.61. The van der Waals surface area contributed by atoms with E-state index in [2.05, 4.69) is 20.0 Å². The monoisotopic (exact) mass is 417 g/mol. The maximum Gasteiger partial charge on any atom is 0.243 e. The smallest absolute Gasteiger partial charge is 0.243 e. The van der Waals surface area contributed by atoms with Crippen molar-refractivity contribution < 1.29 is 13.2 Å². The molecule has 29 heavy (non-hydrogen) atoms. The molecule has 0 N–H and O–H groups in total. The summed E-state index contributed by atoms with van der Waals surface area (Å²) >= 11 is 0. The second kappa shape index (κ2) is 8.25. The Morgan fingerprint density at radius 1 is 0.931 bits per heavy atom. The molecule has 156 valence electrons. The number of piperazine rings is 1. The molecular formula is C20H27N5O3S. The largest absolute Gasteiger partial charge is 0.378 e. The number of aryl methyl sites for hydroxylation is 2. The molecule has 0 atom stereocenters. The second-order valence-electron chi connectivity index (χ2n) is 7.53. The first-order chi connectivity index (χ1) is 13.9. The Morgan fingerprint density at radius 3 is 2.38 bits per heavy atom. The molecule has 4 rings (SSSR count). The zero-order valence-corrected chi connectivity index (χ0v) is 17.7. The molecule has 3 heterocycles. The van der Waals surface area contributed by atoms with Gasteiger partial charge in [0.2, 0.25) is 10.0 Å². The lowest BCUT2D eigenvalue weighted by molar-refractivity contribution is 0.122. The van der Waals surface area contributed by atoms with E-state index in [-0.39, 0.29) is 0 Å². The van der Waals surface area contributed by atoms with E-state index in [1.54, 1.807) is 16.6 Å². The van der Waals surface area contributed by atoms with E-state index in [9.17, 15) is 8.42 Å². The van der Waals surface area contributed by atoms with Crippen LogP contribution < -0.4 is 9.80 Å². The summed E-state index contributed by atoms with van der Waals surface area (Å²) < 4.78 is 33.2. The first-order valence-electron chi connectivity index (χ1n) is 9.93. The molecule has 0 spiro atoms. The van der Waals surface area contributed by atoms with Gasteiger partial charge < -0.3 is 14.5 Å². The van der Waals surface area contributed by atoms with Gasteiger partial charge >= 0.3 is 0 Å². The van der Waals surface area contributed by atoms with E-state index < -0.39 is 10.0 Å². The SMILES string of the molecule is Cc1ccc(C)c(S(=O)(=O)N2CCN(c3cnnc(N4CCOCC4)c3)CC2)c1. The number of rotatable bonds is 4. The van der Waals surface area contributed by atoms with Crippen molar-refractivity contribution in [2.45, 2.75) is 18.7 Å². The van der Waals surface area contributed by atoms with Gasteiger partial charge in [0.15, 0.2) is 5.82 Å². The first-order valence-corrected chi connectivity index (χ1v) is 11.4. The average molecular weight is 418 g/mol. The van der Waals surface area contributed by atoms with Crippen LogP contribution in [0.4, 0.5) is 11.5 Å². The van der Waals surface area contributed by atoms with E-state index in [1.807, 2.05) is 32.0 Å². The first kappa shape index (κ1) is 20.1. The van der Waals surface area contributed by atoms with E-state index >= 15 is 0 Å². The number of morpholine rings is 1. The Bertz CT molecular complexity index is 968. The quantitative estimate of drug-likeness (QED) is 0.745.